The Morgan fingerprint density at radius 3 is 2.41 bits per heavy atom. The molecule has 1 aromatic heterocycles. The first-order chi connectivity index (χ1) is 16.3. The number of aromatic nitrogens is 2. The van der Waals surface area contributed by atoms with Crippen LogP contribution in [0.3, 0.4) is 0 Å². The second kappa shape index (κ2) is 10.1. The van der Waals surface area contributed by atoms with E-state index in [0.717, 1.165) is 24.5 Å². The Bertz CT molecular complexity index is 1260. The summed E-state index contributed by atoms with van der Waals surface area (Å²) in [6.07, 6.45) is 2.49. The van der Waals surface area contributed by atoms with Gasteiger partial charge in [0.25, 0.3) is 11.5 Å². The summed E-state index contributed by atoms with van der Waals surface area (Å²) in [4.78, 5) is 40.7. The van der Waals surface area contributed by atoms with E-state index in [1.165, 1.54) is 17.5 Å². The number of benzene rings is 2. The lowest BCUT2D eigenvalue weighted by molar-refractivity contribution is -0.116. The Hall–Kier alpha value is -3.68. The van der Waals surface area contributed by atoms with Crippen molar-refractivity contribution in [2.24, 2.45) is 0 Å². The van der Waals surface area contributed by atoms with Gasteiger partial charge >= 0.3 is 0 Å². The van der Waals surface area contributed by atoms with E-state index < -0.39 is 11.9 Å². The van der Waals surface area contributed by atoms with Crippen molar-refractivity contribution >= 4 is 34.0 Å². The summed E-state index contributed by atoms with van der Waals surface area (Å²) >= 11 is 0. The van der Waals surface area contributed by atoms with Crippen LogP contribution in [0.25, 0.3) is 10.8 Å². The smallest absolute Gasteiger partial charge is 0.274 e. The van der Waals surface area contributed by atoms with Gasteiger partial charge in [0.05, 0.1) is 11.4 Å². The maximum atomic E-state index is 13.1. The first-order valence-corrected chi connectivity index (χ1v) is 11.8. The Kier molecular flexibility index (Phi) is 6.95. The van der Waals surface area contributed by atoms with Crippen LogP contribution in [-0.2, 0) is 4.79 Å². The molecule has 0 radical (unpaired) electrons. The van der Waals surface area contributed by atoms with Crippen molar-refractivity contribution in [1.82, 2.24) is 15.1 Å². The molecule has 1 unspecified atom stereocenters. The molecule has 34 heavy (non-hydrogen) atoms. The second-order valence-corrected chi connectivity index (χ2v) is 9.11. The molecule has 0 aliphatic carbocycles. The average Bonchev–Trinajstić information content (AvgIpc) is 3.34. The molecular weight excluding hydrogens is 430 g/mol. The predicted octanol–water partition coefficient (Wildman–Crippen LogP) is 3.72. The number of hydrogen-bond acceptors (Lipinski definition) is 5. The van der Waals surface area contributed by atoms with Crippen LogP contribution < -0.4 is 21.1 Å². The van der Waals surface area contributed by atoms with E-state index >= 15 is 0 Å². The summed E-state index contributed by atoms with van der Waals surface area (Å²) in [5.74, 6) is -0.599. The molecule has 2 N–H and O–H groups in total. The highest BCUT2D eigenvalue weighted by molar-refractivity contribution is 6.05. The van der Waals surface area contributed by atoms with E-state index in [-0.39, 0.29) is 29.6 Å². The number of carbonyl (C=O) groups excluding carboxylic acids is 2. The van der Waals surface area contributed by atoms with Crippen LogP contribution >= 0.6 is 0 Å². The molecule has 0 bridgehead atoms. The maximum absolute atomic E-state index is 13.1. The summed E-state index contributed by atoms with van der Waals surface area (Å²) in [5, 5.41) is 11.1. The topological polar surface area (TPSA) is 96.3 Å². The first-order valence-electron chi connectivity index (χ1n) is 11.8. The number of nitrogens with one attached hydrogen (secondary N) is 2. The number of carbonyl (C=O) groups is 2. The van der Waals surface area contributed by atoms with Crippen LogP contribution in [-0.4, -0.2) is 40.7 Å². The first kappa shape index (κ1) is 23.5. The van der Waals surface area contributed by atoms with Crippen LogP contribution in [0.2, 0.25) is 0 Å². The number of rotatable bonds is 7. The lowest BCUT2D eigenvalue weighted by Crippen LogP contribution is -2.37. The number of anilines is 2. The Morgan fingerprint density at radius 1 is 1.00 bits per heavy atom. The molecule has 178 valence electrons. The van der Waals surface area contributed by atoms with Crippen molar-refractivity contribution in [3.8, 4) is 0 Å². The molecule has 1 atom stereocenters. The largest absolute Gasteiger partial charge is 0.371 e. The van der Waals surface area contributed by atoms with Crippen molar-refractivity contribution in [2.75, 3.05) is 23.3 Å². The lowest BCUT2D eigenvalue weighted by Gasteiger charge is -2.19. The zero-order valence-corrected chi connectivity index (χ0v) is 19.9. The monoisotopic (exact) mass is 461 g/mol. The van der Waals surface area contributed by atoms with Gasteiger partial charge in [-0.1, -0.05) is 24.3 Å². The molecule has 3 aromatic rings. The second-order valence-electron chi connectivity index (χ2n) is 9.11. The SMILES string of the molecule is CC(CC(=O)Nc1cccc(N2CCCC2)c1)NC(=O)c1nn(C(C)C)c(=O)c2ccccc12. The van der Waals surface area contributed by atoms with E-state index in [4.69, 9.17) is 0 Å². The number of nitrogens with zero attached hydrogens (tertiary/aromatic N) is 3. The van der Waals surface area contributed by atoms with E-state index in [0.29, 0.717) is 10.8 Å². The van der Waals surface area contributed by atoms with Gasteiger partial charge in [0.1, 0.15) is 0 Å². The molecule has 2 amide bonds. The van der Waals surface area contributed by atoms with E-state index in [2.05, 4.69) is 26.7 Å². The van der Waals surface area contributed by atoms with Gasteiger partial charge in [-0.15, -0.1) is 0 Å². The molecule has 2 heterocycles. The third kappa shape index (κ3) is 5.11. The van der Waals surface area contributed by atoms with E-state index in [1.54, 1.807) is 31.2 Å². The number of fused-ring (bicyclic) bond motifs is 1. The third-order valence-electron chi connectivity index (χ3n) is 6.00. The number of amides is 2. The fourth-order valence-corrected chi connectivity index (χ4v) is 4.31. The minimum Gasteiger partial charge on any atom is -0.371 e. The summed E-state index contributed by atoms with van der Waals surface area (Å²) in [7, 11) is 0. The lowest BCUT2D eigenvalue weighted by atomic mass is 10.1. The van der Waals surface area contributed by atoms with E-state index in [9.17, 15) is 14.4 Å². The molecule has 1 aliphatic heterocycles. The van der Waals surface area contributed by atoms with Gasteiger partial charge in [0, 0.05) is 42.3 Å². The van der Waals surface area contributed by atoms with Crippen molar-refractivity contribution in [2.45, 2.75) is 52.1 Å². The van der Waals surface area contributed by atoms with Crippen LogP contribution in [0, 0.1) is 0 Å². The molecular formula is C26H31N5O3. The highest BCUT2D eigenvalue weighted by Gasteiger charge is 2.20. The fraction of sp³-hybridized carbons (Fsp3) is 0.385. The van der Waals surface area contributed by atoms with Gasteiger partial charge in [0.2, 0.25) is 5.91 Å². The average molecular weight is 462 g/mol. The molecule has 0 spiro atoms. The normalized spacial score (nSPS) is 14.4. The molecule has 4 rings (SSSR count). The Balaban J connectivity index is 1.44. The Morgan fingerprint density at radius 2 is 1.71 bits per heavy atom. The quantitative estimate of drug-likeness (QED) is 0.559. The summed E-state index contributed by atoms with van der Waals surface area (Å²) in [6.45, 7) is 7.53. The van der Waals surface area contributed by atoms with E-state index in [1.807, 2.05) is 32.0 Å². The Labute approximate surface area is 199 Å². The van der Waals surface area contributed by atoms with Crippen molar-refractivity contribution in [3.63, 3.8) is 0 Å². The minimum atomic E-state index is -0.422. The summed E-state index contributed by atoms with van der Waals surface area (Å²) in [6, 6.07) is 14.2. The van der Waals surface area contributed by atoms with Gasteiger partial charge < -0.3 is 15.5 Å². The molecule has 2 aromatic carbocycles. The van der Waals surface area contributed by atoms with Gasteiger partial charge in [-0.2, -0.15) is 5.10 Å². The summed E-state index contributed by atoms with van der Waals surface area (Å²) < 4.78 is 1.32. The van der Waals surface area contributed by atoms with Crippen LogP contribution in [0.15, 0.2) is 53.3 Å². The van der Waals surface area contributed by atoms with Crippen LogP contribution in [0.5, 0.6) is 0 Å². The predicted molar refractivity (Wildman–Crippen MR) is 134 cm³/mol. The molecule has 1 fully saturated rings. The van der Waals surface area contributed by atoms with Gasteiger partial charge in [-0.05, 0) is 57.9 Å². The standard InChI is InChI=1S/C26H31N5O3/c1-17(2)31-26(34)22-12-5-4-11-21(22)24(29-31)25(33)27-18(3)15-23(32)28-19-9-8-10-20(16-19)30-13-6-7-14-30/h4-5,8-12,16-18H,6-7,13-15H2,1-3H3,(H,27,33)(H,28,32). The number of hydrogen-bond donors (Lipinski definition) is 2. The third-order valence-corrected chi connectivity index (χ3v) is 6.00. The molecule has 1 saturated heterocycles. The highest BCUT2D eigenvalue weighted by Crippen LogP contribution is 2.23. The van der Waals surface area contributed by atoms with Crippen molar-refractivity contribution < 1.29 is 9.59 Å². The maximum Gasteiger partial charge on any atom is 0.274 e. The zero-order chi connectivity index (χ0) is 24.2. The molecule has 0 saturated carbocycles. The van der Waals surface area contributed by atoms with Crippen molar-refractivity contribution in [3.05, 3.63) is 64.6 Å². The molecule has 8 nitrogen and oxygen atoms in total. The fourth-order valence-electron chi connectivity index (χ4n) is 4.31. The zero-order valence-electron chi connectivity index (χ0n) is 19.9. The van der Waals surface area contributed by atoms with Gasteiger partial charge in [-0.3, -0.25) is 14.4 Å². The molecule has 1 aliphatic rings. The van der Waals surface area contributed by atoms with Gasteiger partial charge in [-0.25, -0.2) is 4.68 Å². The summed E-state index contributed by atoms with van der Waals surface area (Å²) in [5.41, 5.74) is 1.79. The van der Waals surface area contributed by atoms with Gasteiger partial charge in [0.15, 0.2) is 5.69 Å². The van der Waals surface area contributed by atoms with Crippen molar-refractivity contribution in [1.29, 1.82) is 0 Å². The minimum absolute atomic E-state index is 0.113. The van der Waals surface area contributed by atoms with Crippen LogP contribution in [0.4, 0.5) is 11.4 Å². The highest BCUT2D eigenvalue weighted by atomic mass is 16.2. The van der Waals surface area contributed by atoms with Crippen LogP contribution in [0.1, 0.15) is 56.6 Å². The molecule has 8 heteroatoms.